The first-order valence-corrected chi connectivity index (χ1v) is 8.96. The highest BCUT2D eigenvalue weighted by molar-refractivity contribution is 6.38. The summed E-state index contributed by atoms with van der Waals surface area (Å²) < 4.78 is 79.0. The molecule has 170 valence electrons. The van der Waals surface area contributed by atoms with Crippen LogP contribution in [0.5, 0.6) is 0 Å². The first-order valence-electron chi connectivity index (χ1n) is 8.58. The molecule has 0 saturated heterocycles. The number of nitrogens with one attached hydrogen (secondary N) is 2. The van der Waals surface area contributed by atoms with Gasteiger partial charge in [0, 0.05) is 18.9 Å². The molecule has 0 unspecified atom stereocenters. The predicted octanol–water partition coefficient (Wildman–Crippen LogP) is 4.93. The van der Waals surface area contributed by atoms with Crippen LogP contribution in [0, 0.1) is 6.92 Å². The van der Waals surface area contributed by atoms with Crippen molar-refractivity contribution in [2.24, 2.45) is 7.05 Å². The molecule has 2 heterocycles. The number of benzene rings is 1. The maximum atomic E-state index is 12.9. The summed E-state index contributed by atoms with van der Waals surface area (Å²) in [7, 11) is 1.59. The van der Waals surface area contributed by atoms with Gasteiger partial charge < -0.3 is 5.32 Å². The summed E-state index contributed by atoms with van der Waals surface area (Å²) in [6, 6.07) is -0.857. The van der Waals surface area contributed by atoms with Crippen molar-refractivity contribution in [1.82, 2.24) is 20.1 Å². The van der Waals surface area contributed by atoms with E-state index in [1.54, 1.807) is 24.6 Å². The summed E-state index contributed by atoms with van der Waals surface area (Å²) in [6.45, 7) is 1.61. The molecule has 0 atom stereocenters. The first-order chi connectivity index (χ1) is 14.7. The van der Waals surface area contributed by atoms with E-state index >= 15 is 0 Å². The number of amides is 3. The van der Waals surface area contributed by atoms with E-state index in [-0.39, 0.29) is 16.7 Å². The summed E-state index contributed by atoms with van der Waals surface area (Å²) in [5, 5.41) is 7.94. The monoisotopic (exact) mass is 479 g/mol. The van der Waals surface area contributed by atoms with Crippen LogP contribution >= 0.6 is 11.6 Å². The van der Waals surface area contributed by atoms with Gasteiger partial charge in [0.2, 0.25) is 0 Å². The number of pyridine rings is 1. The van der Waals surface area contributed by atoms with E-state index < -0.39 is 41.1 Å². The number of carbonyl (C=O) groups excluding carboxylic acids is 2. The average molecular weight is 480 g/mol. The Labute approximate surface area is 180 Å². The third-order valence-corrected chi connectivity index (χ3v) is 4.67. The van der Waals surface area contributed by atoms with Crippen molar-refractivity contribution < 1.29 is 35.9 Å². The number of anilines is 1. The lowest BCUT2D eigenvalue weighted by Crippen LogP contribution is -2.34. The number of urea groups is 1. The van der Waals surface area contributed by atoms with E-state index in [1.807, 2.05) is 0 Å². The number of rotatable bonds is 2. The summed E-state index contributed by atoms with van der Waals surface area (Å²) in [4.78, 5) is 28.5. The van der Waals surface area contributed by atoms with E-state index in [1.165, 1.54) is 4.68 Å². The molecule has 0 aliphatic heterocycles. The van der Waals surface area contributed by atoms with Gasteiger partial charge in [0.25, 0.3) is 5.91 Å². The Kier molecular flexibility index (Phi) is 5.80. The number of aromatic nitrogens is 3. The number of aryl methyl sites for hydroxylation is 2. The Bertz CT molecular complexity index is 1200. The van der Waals surface area contributed by atoms with Gasteiger partial charge in [-0.25, -0.2) is 9.78 Å². The van der Waals surface area contributed by atoms with Gasteiger partial charge in [0.1, 0.15) is 0 Å². The molecule has 0 fully saturated rings. The molecule has 0 radical (unpaired) electrons. The maximum Gasteiger partial charge on any atom is 0.416 e. The van der Waals surface area contributed by atoms with Crippen molar-refractivity contribution in [3.05, 3.63) is 51.8 Å². The molecule has 0 aliphatic rings. The quantitative estimate of drug-likeness (QED) is 0.510. The van der Waals surface area contributed by atoms with Gasteiger partial charge in [-0.2, -0.15) is 31.4 Å². The molecule has 32 heavy (non-hydrogen) atoms. The SMILES string of the molecule is Cc1nn(C)c2ncc(C(=O)NC(=O)Nc3cc(C(F)(F)F)cc(C(F)(F)F)c3)c(Cl)c12. The minimum Gasteiger partial charge on any atom is -0.308 e. The highest BCUT2D eigenvalue weighted by atomic mass is 35.5. The van der Waals surface area contributed by atoms with Gasteiger partial charge in [-0.3, -0.25) is 14.8 Å². The summed E-state index contributed by atoms with van der Waals surface area (Å²) in [5.41, 5.74) is -3.51. The van der Waals surface area contributed by atoms with E-state index in [4.69, 9.17) is 11.6 Å². The van der Waals surface area contributed by atoms with Crippen LogP contribution in [0.15, 0.2) is 24.4 Å². The van der Waals surface area contributed by atoms with Crippen LogP contribution in [-0.4, -0.2) is 26.7 Å². The smallest absolute Gasteiger partial charge is 0.308 e. The molecule has 3 rings (SSSR count). The van der Waals surface area contributed by atoms with E-state index in [2.05, 4.69) is 10.1 Å². The number of hydrogen-bond donors (Lipinski definition) is 2. The van der Waals surface area contributed by atoms with Gasteiger partial charge in [-0.1, -0.05) is 11.6 Å². The molecular formula is C18H12ClF6N5O2. The largest absolute Gasteiger partial charge is 0.416 e. The number of fused-ring (bicyclic) bond motifs is 1. The van der Waals surface area contributed by atoms with Crippen LogP contribution < -0.4 is 10.6 Å². The number of nitrogens with zero attached hydrogens (tertiary/aromatic N) is 3. The minimum atomic E-state index is -5.10. The van der Waals surface area contributed by atoms with Gasteiger partial charge in [0.05, 0.1) is 32.8 Å². The normalized spacial score (nSPS) is 12.2. The molecule has 3 amide bonds. The molecule has 0 bridgehead atoms. The number of imide groups is 1. The van der Waals surface area contributed by atoms with Gasteiger partial charge >= 0.3 is 18.4 Å². The van der Waals surface area contributed by atoms with Crippen molar-refractivity contribution >= 4 is 40.3 Å². The zero-order chi connectivity index (χ0) is 24.0. The van der Waals surface area contributed by atoms with Gasteiger partial charge in [0.15, 0.2) is 5.65 Å². The lowest BCUT2D eigenvalue weighted by Gasteiger charge is -2.15. The highest BCUT2D eigenvalue weighted by Gasteiger charge is 2.37. The second-order valence-corrected chi connectivity index (χ2v) is 6.97. The third kappa shape index (κ3) is 4.61. The molecule has 0 saturated carbocycles. The zero-order valence-electron chi connectivity index (χ0n) is 16.1. The van der Waals surface area contributed by atoms with E-state index in [0.29, 0.717) is 28.9 Å². The number of alkyl halides is 6. The lowest BCUT2D eigenvalue weighted by molar-refractivity contribution is -0.143. The molecular weight excluding hydrogens is 468 g/mol. The first kappa shape index (κ1) is 23.3. The lowest BCUT2D eigenvalue weighted by atomic mass is 10.1. The van der Waals surface area contributed by atoms with E-state index in [0.717, 1.165) is 6.20 Å². The fourth-order valence-electron chi connectivity index (χ4n) is 2.89. The average Bonchev–Trinajstić information content (AvgIpc) is 2.94. The minimum absolute atomic E-state index is 0.0793. The van der Waals surface area contributed by atoms with E-state index in [9.17, 15) is 35.9 Å². The summed E-state index contributed by atoms with van der Waals surface area (Å²) in [6.07, 6.45) is -9.14. The van der Waals surface area contributed by atoms with Crippen LogP contribution in [0.1, 0.15) is 27.2 Å². The van der Waals surface area contributed by atoms with Crippen molar-refractivity contribution in [3.8, 4) is 0 Å². The van der Waals surface area contributed by atoms with Crippen molar-refractivity contribution in [2.75, 3.05) is 5.32 Å². The van der Waals surface area contributed by atoms with Crippen LogP contribution in [0.25, 0.3) is 11.0 Å². The number of hydrogen-bond acceptors (Lipinski definition) is 4. The second-order valence-electron chi connectivity index (χ2n) is 6.60. The molecule has 7 nitrogen and oxygen atoms in total. The molecule has 2 aromatic heterocycles. The number of halogens is 7. The Morgan fingerprint density at radius 1 is 1.03 bits per heavy atom. The van der Waals surface area contributed by atoms with Crippen molar-refractivity contribution in [2.45, 2.75) is 19.3 Å². The van der Waals surface area contributed by atoms with Crippen LogP contribution in [0.2, 0.25) is 5.02 Å². The molecule has 1 aromatic carbocycles. The zero-order valence-corrected chi connectivity index (χ0v) is 16.9. The van der Waals surface area contributed by atoms with Crippen molar-refractivity contribution in [3.63, 3.8) is 0 Å². The standard InChI is InChI=1S/C18H12ClF6N5O2/c1-7-12-13(19)11(6-26-14(12)30(2)29-7)15(31)28-16(32)27-10-4-8(17(20,21)22)3-9(5-10)18(23,24)25/h3-6H,1-2H3,(H2,27,28,31,32). The molecule has 0 aliphatic carbocycles. The topological polar surface area (TPSA) is 88.9 Å². The summed E-state index contributed by atoms with van der Waals surface area (Å²) >= 11 is 6.20. The molecule has 3 aromatic rings. The Morgan fingerprint density at radius 2 is 1.59 bits per heavy atom. The Hall–Kier alpha value is -3.35. The highest BCUT2D eigenvalue weighted by Crippen LogP contribution is 2.37. The van der Waals surface area contributed by atoms with Crippen molar-refractivity contribution in [1.29, 1.82) is 0 Å². The Morgan fingerprint density at radius 3 is 2.12 bits per heavy atom. The number of carbonyl (C=O) groups is 2. The van der Waals surface area contributed by atoms with Crippen LogP contribution in [-0.2, 0) is 19.4 Å². The second kappa shape index (κ2) is 7.97. The molecule has 14 heteroatoms. The fourth-order valence-corrected chi connectivity index (χ4v) is 3.24. The predicted molar refractivity (Wildman–Crippen MR) is 101 cm³/mol. The third-order valence-electron chi connectivity index (χ3n) is 4.28. The van der Waals surface area contributed by atoms with Gasteiger partial charge in [-0.05, 0) is 25.1 Å². The molecule has 2 N–H and O–H groups in total. The Balaban J connectivity index is 1.86. The molecule has 0 spiro atoms. The fraction of sp³-hybridized carbons (Fsp3) is 0.222. The maximum absolute atomic E-state index is 12.9. The van der Waals surface area contributed by atoms with Crippen LogP contribution in [0.4, 0.5) is 36.8 Å². The van der Waals surface area contributed by atoms with Gasteiger partial charge in [-0.15, -0.1) is 0 Å². The van der Waals surface area contributed by atoms with Crippen LogP contribution in [0.3, 0.4) is 0 Å². The summed E-state index contributed by atoms with van der Waals surface area (Å²) in [5.74, 6) is -1.08.